The SMILES string of the molecule is CC[C@@H](C)B(C)C(C)C(C)C. The van der Waals surface area contributed by atoms with Crippen molar-refractivity contribution in [3.05, 3.63) is 0 Å². The minimum absolute atomic E-state index is 0.832. The van der Waals surface area contributed by atoms with E-state index in [2.05, 4.69) is 41.4 Å². The average molecular weight is 154 g/mol. The van der Waals surface area contributed by atoms with Gasteiger partial charge in [0.1, 0.15) is 6.71 Å². The first-order chi connectivity index (χ1) is 5.00. The second-order valence-corrected chi connectivity index (χ2v) is 4.35. The fourth-order valence-electron chi connectivity index (χ4n) is 1.50. The van der Waals surface area contributed by atoms with Gasteiger partial charge in [-0.1, -0.05) is 65.4 Å². The molecule has 0 radical (unpaired) electrons. The van der Waals surface area contributed by atoms with Gasteiger partial charge in [0.25, 0.3) is 0 Å². The molecule has 0 amide bonds. The molecule has 0 saturated heterocycles. The molecule has 0 N–H and O–H groups in total. The van der Waals surface area contributed by atoms with Gasteiger partial charge in [0.15, 0.2) is 0 Å². The van der Waals surface area contributed by atoms with Crippen molar-refractivity contribution in [1.82, 2.24) is 0 Å². The molecule has 1 unspecified atom stereocenters. The summed E-state index contributed by atoms with van der Waals surface area (Å²) in [5.41, 5.74) is 0. The Labute approximate surface area is 72.8 Å². The molecule has 2 atom stereocenters. The highest BCUT2D eigenvalue weighted by Crippen LogP contribution is 2.29. The van der Waals surface area contributed by atoms with Crippen LogP contribution in [0.3, 0.4) is 0 Å². The first kappa shape index (κ1) is 11.1. The second-order valence-electron chi connectivity index (χ2n) is 4.35. The lowest BCUT2D eigenvalue weighted by molar-refractivity contribution is 0.602. The van der Waals surface area contributed by atoms with Crippen LogP contribution in [0.2, 0.25) is 18.5 Å². The Bertz CT molecular complexity index is 99.0. The monoisotopic (exact) mass is 154 g/mol. The summed E-state index contributed by atoms with van der Waals surface area (Å²) in [4.78, 5) is 0. The Morgan fingerprint density at radius 1 is 1.09 bits per heavy atom. The van der Waals surface area contributed by atoms with Crippen LogP contribution < -0.4 is 0 Å². The molecule has 0 aromatic carbocycles. The number of rotatable bonds is 4. The van der Waals surface area contributed by atoms with E-state index >= 15 is 0 Å². The molecule has 0 heterocycles. The van der Waals surface area contributed by atoms with E-state index in [9.17, 15) is 0 Å². The molecule has 0 rings (SSSR count). The highest BCUT2D eigenvalue weighted by molar-refractivity contribution is 6.60. The lowest BCUT2D eigenvalue weighted by Gasteiger charge is -2.25. The van der Waals surface area contributed by atoms with Gasteiger partial charge in [-0.25, -0.2) is 0 Å². The molecule has 66 valence electrons. The molecule has 0 saturated carbocycles. The number of hydrogen-bond acceptors (Lipinski definition) is 0. The minimum atomic E-state index is 0.832. The summed E-state index contributed by atoms with van der Waals surface area (Å²) < 4.78 is 0. The molecule has 0 fully saturated rings. The van der Waals surface area contributed by atoms with Gasteiger partial charge >= 0.3 is 0 Å². The molecule has 0 aliphatic heterocycles. The van der Waals surface area contributed by atoms with E-state index in [1.165, 1.54) is 6.42 Å². The third-order valence-electron chi connectivity index (χ3n) is 3.42. The maximum Gasteiger partial charge on any atom is 0.142 e. The van der Waals surface area contributed by atoms with Crippen LogP contribution in [0.5, 0.6) is 0 Å². The van der Waals surface area contributed by atoms with Crippen LogP contribution >= 0.6 is 0 Å². The second kappa shape index (κ2) is 4.85. The van der Waals surface area contributed by atoms with Gasteiger partial charge in [-0.3, -0.25) is 0 Å². The standard InChI is InChI=1S/C10H23B/c1-7-9(4)11(6)10(5)8(2)3/h8-10H,7H2,1-6H3/t9-,10?/m1/s1. The smallest absolute Gasteiger partial charge is 0.0857 e. The van der Waals surface area contributed by atoms with Gasteiger partial charge in [-0.15, -0.1) is 0 Å². The van der Waals surface area contributed by atoms with Crippen molar-refractivity contribution >= 4 is 6.71 Å². The van der Waals surface area contributed by atoms with Gasteiger partial charge in [-0.2, -0.15) is 0 Å². The zero-order valence-corrected chi connectivity index (χ0v) is 9.02. The third-order valence-corrected chi connectivity index (χ3v) is 3.42. The van der Waals surface area contributed by atoms with Gasteiger partial charge in [0.2, 0.25) is 0 Å². The zero-order chi connectivity index (χ0) is 9.02. The van der Waals surface area contributed by atoms with Crippen LogP contribution in [0.1, 0.15) is 41.0 Å². The Hall–Kier alpha value is 0.0649. The molecule has 0 aromatic heterocycles. The zero-order valence-electron chi connectivity index (χ0n) is 9.02. The maximum atomic E-state index is 2.39. The lowest BCUT2D eigenvalue weighted by Crippen LogP contribution is -2.23. The predicted octanol–water partition coefficient (Wildman–Crippen LogP) is 3.96. The molecule has 0 spiro atoms. The summed E-state index contributed by atoms with van der Waals surface area (Å²) in [6.45, 7) is 14.9. The summed E-state index contributed by atoms with van der Waals surface area (Å²) in [5, 5.41) is 0. The normalized spacial score (nSPS) is 16.6. The van der Waals surface area contributed by atoms with Gasteiger partial charge in [0.05, 0.1) is 0 Å². The highest BCUT2D eigenvalue weighted by Gasteiger charge is 2.23. The van der Waals surface area contributed by atoms with E-state index in [-0.39, 0.29) is 0 Å². The van der Waals surface area contributed by atoms with E-state index < -0.39 is 0 Å². The molecule has 11 heavy (non-hydrogen) atoms. The fourth-order valence-corrected chi connectivity index (χ4v) is 1.50. The minimum Gasteiger partial charge on any atom is -0.0857 e. The van der Waals surface area contributed by atoms with Crippen molar-refractivity contribution in [2.24, 2.45) is 5.92 Å². The molecule has 1 heteroatoms. The van der Waals surface area contributed by atoms with E-state index in [1.54, 1.807) is 0 Å². The molecule has 0 aliphatic rings. The van der Waals surface area contributed by atoms with E-state index in [1.807, 2.05) is 0 Å². The van der Waals surface area contributed by atoms with Crippen LogP contribution in [0.4, 0.5) is 0 Å². The topological polar surface area (TPSA) is 0 Å². The largest absolute Gasteiger partial charge is 0.142 e. The van der Waals surface area contributed by atoms with Crippen molar-refractivity contribution in [1.29, 1.82) is 0 Å². The summed E-state index contributed by atoms with van der Waals surface area (Å²) >= 11 is 0. The molecule has 0 aliphatic carbocycles. The fraction of sp³-hybridized carbons (Fsp3) is 1.00. The molecular weight excluding hydrogens is 131 g/mol. The van der Waals surface area contributed by atoms with Crippen LogP contribution in [-0.2, 0) is 0 Å². The predicted molar refractivity (Wildman–Crippen MR) is 55.6 cm³/mol. The first-order valence-electron chi connectivity index (χ1n) is 5.00. The van der Waals surface area contributed by atoms with Crippen LogP contribution in [0.25, 0.3) is 0 Å². The van der Waals surface area contributed by atoms with Crippen molar-refractivity contribution in [2.75, 3.05) is 0 Å². The summed E-state index contributed by atoms with van der Waals surface area (Å²) in [7, 11) is 0. The summed E-state index contributed by atoms with van der Waals surface area (Å²) in [6, 6.07) is 0. The summed E-state index contributed by atoms with van der Waals surface area (Å²) in [6.07, 6.45) is 1.32. The first-order valence-corrected chi connectivity index (χ1v) is 5.00. The van der Waals surface area contributed by atoms with Gasteiger partial charge in [0, 0.05) is 0 Å². The van der Waals surface area contributed by atoms with Crippen molar-refractivity contribution < 1.29 is 0 Å². The van der Waals surface area contributed by atoms with Crippen molar-refractivity contribution in [3.8, 4) is 0 Å². The van der Waals surface area contributed by atoms with Crippen molar-refractivity contribution in [3.63, 3.8) is 0 Å². The Kier molecular flexibility index (Phi) is 4.87. The Morgan fingerprint density at radius 3 is 1.82 bits per heavy atom. The average Bonchev–Trinajstić information content (AvgIpc) is 2.00. The van der Waals surface area contributed by atoms with Crippen molar-refractivity contribution in [2.45, 2.75) is 59.5 Å². The van der Waals surface area contributed by atoms with Gasteiger partial charge in [-0.05, 0) is 0 Å². The van der Waals surface area contributed by atoms with E-state index in [4.69, 9.17) is 0 Å². The van der Waals surface area contributed by atoms with Crippen LogP contribution in [-0.4, -0.2) is 6.71 Å². The van der Waals surface area contributed by atoms with E-state index in [0.717, 1.165) is 24.3 Å². The summed E-state index contributed by atoms with van der Waals surface area (Å²) in [5.74, 6) is 2.58. The van der Waals surface area contributed by atoms with Crippen LogP contribution in [0.15, 0.2) is 0 Å². The third kappa shape index (κ3) is 3.31. The van der Waals surface area contributed by atoms with Crippen LogP contribution in [0, 0.1) is 5.92 Å². The molecular formula is C10H23B. The maximum absolute atomic E-state index is 2.39. The molecule has 0 nitrogen and oxygen atoms in total. The number of hydrogen-bond donors (Lipinski definition) is 0. The quantitative estimate of drug-likeness (QED) is 0.537. The Morgan fingerprint density at radius 2 is 1.55 bits per heavy atom. The molecule has 0 aromatic rings. The van der Waals surface area contributed by atoms with E-state index in [0.29, 0.717) is 0 Å². The lowest BCUT2D eigenvalue weighted by atomic mass is 9.34. The van der Waals surface area contributed by atoms with Gasteiger partial charge < -0.3 is 0 Å². The molecule has 0 bridgehead atoms. The Balaban J connectivity index is 3.90. The highest BCUT2D eigenvalue weighted by atomic mass is 14.1.